The van der Waals surface area contributed by atoms with E-state index in [1.165, 1.54) is 16.8 Å². The maximum absolute atomic E-state index is 12.2. The molecule has 0 amide bonds. The summed E-state index contributed by atoms with van der Waals surface area (Å²) in [4.78, 5) is 14.8. The fraction of sp³-hybridized carbons (Fsp3) is 0.600. The van der Waals surface area contributed by atoms with Crippen molar-refractivity contribution in [3.63, 3.8) is 0 Å². The third kappa shape index (κ3) is 2.13. The van der Waals surface area contributed by atoms with E-state index in [0.29, 0.717) is 0 Å². The van der Waals surface area contributed by atoms with Crippen LogP contribution in [0.2, 0.25) is 0 Å². The molecular formula is C10H15N3O4S. The average Bonchev–Trinajstić information content (AvgIpc) is 2.84. The molecule has 0 spiro atoms. The summed E-state index contributed by atoms with van der Waals surface area (Å²) in [5.74, 6) is -1.80. The van der Waals surface area contributed by atoms with Gasteiger partial charge < -0.3 is 9.67 Å². The summed E-state index contributed by atoms with van der Waals surface area (Å²) in [7, 11) is -2.00. The second-order valence-corrected chi connectivity index (χ2v) is 6.51. The van der Waals surface area contributed by atoms with Gasteiger partial charge in [0.05, 0.1) is 12.2 Å². The van der Waals surface area contributed by atoms with Crippen molar-refractivity contribution in [2.75, 3.05) is 13.1 Å². The highest BCUT2D eigenvalue weighted by atomic mass is 32.2. The highest BCUT2D eigenvalue weighted by Crippen LogP contribution is 2.27. The van der Waals surface area contributed by atoms with Crippen LogP contribution in [0.3, 0.4) is 0 Å². The number of hydrogen-bond acceptors (Lipinski definition) is 4. The van der Waals surface area contributed by atoms with Crippen molar-refractivity contribution in [2.24, 2.45) is 18.9 Å². The van der Waals surface area contributed by atoms with E-state index < -0.39 is 21.9 Å². The Kier molecular flexibility index (Phi) is 3.16. The first-order valence-corrected chi connectivity index (χ1v) is 6.97. The Morgan fingerprint density at radius 3 is 2.61 bits per heavy atom. The summed E-state index contributed by atoms with van der Waals surface area (Å²) in [5.41, 5.74) is 0. The molecule has 0 radical (unpaired) electrons. The van der Waals surface area contributed by atoms with Crippen LogP contribution in [0, 0.1) is 11.8 Å². The Morgan fingerprint density at radius 1 is 1.50 bits per heavy atom. The SMILES string of the molecule is CC1CN(S(=O)(=O)c2cn(C)cn2)CC1C(=O)O. The molecule has 2 rings (SSSR count). The largest absolute Gasteiger partial charge is 0.481 e. The van der Waals surface area contributed by atoms with Crippen LogP contribution in [-0.2, 0) is 21.9 Å². The molecule has 7 nitrogen and oxygen atoms in total. The van der Waals surface area contributed by atoms with Crippen molar-refractivity contribution < 1.29 is 18.3 Å². The van der Waals surface area contributed by atoms with Gasteiger partial charge in [0.15, 0.2) is 5.03 Å². The molecular weight excluding hydrogens is 258 g/mol. The predicted octanol–water partition coefficient (Wildman–Crippen LogP) is -0.239. The lowest BCUT2D eigenvalue weighted by atomic mass is 9.99. The summed E-state index contributed by atoms with van der Waals surface area (Å²) in [5, 5.41) is 8.96. The minimum atomic E-state index is -3.68. The number of imidazole rings is 1. The molecule has 8 heteroatoms. The minimum Gasteiger partial charge on any atom is -0.481 e. The Hall–Kier alpha value is -1.41. The summed E-state index contributed by atoms with van der Waals surface area (Å²) >= 11 is 0. The van der Waals surface area contributed by atoms with E-state index in [2.05, 4.69) is 4.98 Å². The van der Waals surface area contributed by atoms with Crippen molar-refractivity contribution >= 4 is 16.0 Å². The van der Waals surface area contributed by atoms with Gasteiger partial charge in [0, 0.05) is 26.3 Å². The molecule has 1 N–H and O–H groups in total. The van der Waals surface area contributed by atoms with Crippen LogP contribution in [-0.4, -0.2) is 46.4 Å². The predicted molar refractivity (Wildman–Crippen MR) is 62.3 cm³/mol. The maximum atomic E-state index is 12.2. The molecule has 0 saturated carbocycles. The van der Waals surface area contributed by atoms with E-state index in [4.69, 9.17) is 5.11 Å². The van der Waals surface area contributed by atoms with Gasteiger partial charge in [-0.3, -0.25) is 4.79 Å². The number of rotatable bonds is 3. The van der Waals surface area contributed by atoms with Crippen LogP contribution in [0.4, 0.5) is 0 Å². The molecule has 1 aliphatic rings. The van der Waals surface area contributed by atoms with Gasteiger partial charge in [-0.15, -0.1) is 0 Å². The van der Waals surface area contributed by atoms with E-state index in [-0.39, 0.29) is 24.0 Å². The number of aromatic nitrogens is 2. The molecule has 0 bridgehead atoms. The van der Waals surface area contributed by atoms with E-state index in [1.807, 2.05) is 0 Å². The third-order valence-electron chi connectivity index (χ3n) is 3.18. The maximum Gasteiger partial charge on any atom is 0.308 e. The molecule has 2 atom stereocenters. The van der Waals surface area contributed by atoms with Gasteiger partial charge in [0.1, 0.15) is 0 Å². The van der Waals surface area contributed by atoms with Crippen molar-refractivity contribution in [3.05, 3.63) is 12.5 Å². The monoisotopic (exact) mass is 273 g/mol. The molecule has 2 unspecified atom stereocenters. The van der Waals surface area contributed by atoms with Gasteiger partial charge in [-0.1, -0.05) is 6.92 Å². The normalized spacial score (nSPS) is 25.4. The zero-order chi connectivity index (χ0) is 13.5. The average molecular weight is 273 g/mol. The van der Waals surface area contributed by atoms with E-state index in [0.717, 1.165) is 0 Å². The van der Waals surface area contributed by atoms with E-state index >= 15 is 0 Å². The lowest BCUT2D eigenvalue weighted by Crippen LogP contribution is -2.30. The number of aliphatic carboxylic acids is 1. The quantitative estimate of drug-likeness (QED) is 0.820. The molecule has 1 saturated heterocycles. The third-order valence-corrected chi connectivity index (χ3v) is 4.90. The zero-order valence-corrected chi connectivity index (χ0v) is 11.0. The van der Waals surface area contributed by atoms with Crippen LogP contribution in [0.25, 0.3) is 0 Å². The summed E-state index contributed by atoms with van der Waals surface area (Å²) in [6, 6.07) is 0. The molecule has 0 aromatic carbocycles. The van der Waals surface area contributed by atoms with Crippen molar-refractivity contribution in [1.82, 2.24) is 13.9 Å². The molecule has 1 aromatic rings. The van der Waals surface area contributed by atoms with Crippen LogP contribution >= 0.6 is 0 Å². The minimum absolute atomic E-state index is 0.00933. The summed E-state index contributed by atoms with van der Waals surface area (Å²) in [6.45, 7) is 1.97. The fourth-order valence-corrected chi connectivity index (χ4v) is 3.63. The Morgan fingerprint density at radius 2 is 2.17 bits per heavy atom. The molecule has 2 heterocycles. The summed E-state index contributed by atoms with van der Waals surface area (Å²) < 4.78 is 27.2. The van der Waals surface area contributed by atoms with Crippen LogP contribution in [0.15, 0.2) is 17.6 Å². The Bertz CT molecular complexity index is 565. The molecule has 1 aliphatic heterocycles. The number of carboxylic acid groups (broad SMARTS) is 1. The van der Waals surface area contributed by atoms with Crippen molar-refractivity contribution in [2.45, 2.75) is 11.9 Å². The smallest absolute Gasteiger partial charge is 0.308 e. The topological polar surface area (TPSA) is 92.5 Å². The van der Waals surface area contributed by atoms with E-state index in [9.17, 15) is 13.2 Å². The Balaban J connectivity index is 2.26. The first kappa shape index (κ1) is 13.0. The van der Waals surface area contributed by atoms with Gasteiger partial charge in [-0.2, -0.15) is 4.31 Å². The second kappa shape index (κ2) is 4.36. The van der Waals surface area contributed by atoms with Crippen molar-refractivity contribution in [1.29, 1.82) is 0 Å². The molecule has 1 aromatic heterocycles. The first-order valence-electron chi connectivity index (χ1n) is 5.53. The molecule has 0 aliphatic carbocycles. The zero-order valence-electron chi connectivity index (χ0n) is 10.1. The van der Waals surface area contributed by atoms with Gasteiger partial charge in [-0.05, 0) is 5.92 Å². The standard InChI is InChI=1S/C10H15N3O4S/c1-7-3-13(4-8(7)10(14)15)18(16,17)9-5-12(2)6-11-9/h5-8H,3-4H2,1-2H3,(H,14,15). The van der Waals surface area contributed by atoms with Gasteiger partial charge in [0.2, 0.25) is 0 Å². The lowest BCUT2D eigenvalue weighted by Gasteiger charge is -2.13. The number of aryl methyl sites for hydroxylation is 1. The number of carbonyl (C=O) groups is 1. The van der Waals surface area contributed by atoms with Crippen LogP contribution in [0.1, 0.15) is 6.92 Å². The highest BCUT2D eigenvalue weighted by molar-refractivity contribution is 7.89. The second-order valence-electron chi connectivity index (χ2n) is 4.62. The number of sulfonamides is 1. The molecule has 18 heavy (non-hydrogen) atoms. The number of carboxylic acids is 1. The van der Waals surface area contributed by atoms with Crippen LogP contribution in [0.5, 0.6) is 0 Å². The fourth-order valence-electron chi connectivity index (χ4n) is 2.09. The molecule has 1 fully saturated rings. The molecule has 100 valence electrons. The lowest BCUT2D eigenvalue weighted by molar-refractivity contribution is -0.142. The van der Waals surface area contributed by atoms with E-state index in [1.54, 1.807) is 18.5 Å². The summed E-state index contributed by atoms with van der Waals surface area (Å²) in [6.07, 6.45) is 2.81. The highest BCUT2D eigenvalue weighted by Gasteiger charge is 2.41. The van der Waals surface area contributed by atoms with Crippen LogP contribution < -0.4 is 0 Å². The first-order chi connectivity index (χ1) is 8.32. The van der Waals surface area contributed by atoms with Gasteiger partial charge >= 0.3 is 5.97 Å². The number of hydrogen-bond donors (Lipinski definition) is 1. The van der Waals surface area contributed by atoms with Crippen molar-refractivity contribution in [3.8, 4) is 0 Å². The van der Waals surface area contributed by atoms with Gasteiger partial charge in [-0.25, -0.2) is 13.4 Å². The Labute approximate surface area is 105 Å². The number of nitrogens with zero attached hydrogens (tertiary/aromatic N) is 3. The van der Waals surface area contributed by atoms with Gasteiger partial charge in [0.25, 0.3) is 10.0 Å².